The Hall–Kier alpha value is -0.140. The normalized spacial score (nSPS) is 23.5. The van der Waals surface area contributed by atoms with Crippen LogP contribution in [0.4, 0.5) is 0 Å². The largest absolute Gasteiger partial charge is 0.393 e. The van der Waals surface area contributed by atoms with Crippen molar-refractivity contribution in [3.63, 3.8) is 0 Å². The van der Waals surface area contributed by atoms with E-state index in [1.54, 1.807) is 19.9 Å². The van der Waals surface area contributed by atoms with Crippen molar-refractivity contribution in [2.24, 2.45) is 5.92 Å². The lowest BCUT2D eigenvalue weighted by Crippen LogP contribution is -2.42. The van der Waals surface area contributed by atoms with Gasteiger partial charge in [0.05, 0.1) is 10.4 Å². The third-order valence-electron chi connectivity index (χ3n) is 3.53. The van der Waals surface area contributed by atoms with Crippen molar-refractivity contribution >= 4 is 33.0 Å². The van der Waals surface area contributed by atoms with E-state index in [1.807, 2.05) is 0 Å². The Kier molecular flexibility index (Phi) is 4.57. The van der Waals surface area contributed by atoms with Gasteiger partial charge < -0.3 is 5.11 Å². The number of hydrogen-bond donors (Lipinski definition) is 1. The first-order chi connectivity index (χ1) is 8.82. The molecule has 0 aliphatic carbocycles. The number of aliphatic hydroxyl groups excluding tert-OH is 1. The van der Waals surface area contributed by atoms with Gasteiger partial charge in [-0.3, -0.25) is 0 Å². The van der Waals surface area contributed by atoms with Crippen molar-refractivity contribution in [3.05, 3.63) is 16.0 Å². The summed E-state index contributed by atoms with van der Waals surface area (Å²) in [5.41, 5.74) is 0.786. The zero-order chi connectivity index (χ0) is 14.2. The van der Waals surface area contributed by atoms with Crippen molar-refractivity contribution in [1.82, 2.24) is 4.31 Å². The summed E-state index contributed by atoms with van der Waals surface area (Å²) in [4.78, 5) is 0. The van der Waals surface area contributed by atoms with Crippen molar-refractivity contribution < 1.29 is 13.5 Å². The molecule has 1 aliphatic rings. The summed E-state index contributed by atoms with van der Waals surface area (Å²) in [6.07, 6.45) is 1.17. The number of aryl methyl sites for hydroxylation is 1. The van der Waals surface area contributed by atoms with Gasteiger partial charge in [-0.1, -0.05) is 11.6 Å². The first-order valence-electron chi connectivity index (χ1n) is 6.26. The van der Waals surface area contributed by atoms with Gasteiger partial charge >= 0.3 is 0 Å². The van der Waals surface area contributed by atoms with E-state index < -0.39 is 16.1 Å². The van der Waals surface area contributed by atoms with Crippen LogP contribution in [-0.4, -0.2) is 37.0 Å². The molecule has 0 amide bonds. The minimum absolute atomic E-state index is 0.0139. The molecule has 2 rings (SSSR count). The zero-order valence-corrected chi connectivity index (χ0v) is 13.4. The van der Waals surface area contributed by atoms with E-state index in [1.165, 1.54) is 4.31 Å². The molecule has 1 fully saturated rings. The van der Waals surface area contributed by atoms with Gasteiger partial charge in [0.15, 0.2) is 0 Å². The Bertz CT molecular complexity index is 534. The quantitative estimate of drug-likeness (QED) is 0.929. The number of sulfonamides is 1. The monoisotopic (exact) mass is 323 g/mol. The minimum Gasteiger partial charge on any atom is -0.393 e. The van der Waals surface area contributed by atoms with Crippen LogP contribution in [0.15, 0.2) is 10.3 Å². The molecule has 0 radical (unpaired) electrons. The van der Waals surface area contributed by atoms with Gasteiger partial charge in [0, 0.05) is 13.1 Å². The highest BCUT2D eigenvalue weighted by molar-refractivity contribution is 7.91. The molecule has 1 aromatic heterocycles. The lowest BCUT2D eigenvalue weighted by atomic mass is 9.95. The summed E-state index contributed by atoms with van der Waals surface area (Å²) in [5.74, 6) is 0.0139. The Labute approximate surface area is 123 Å². The topological polar surface area (TPSA) is 57.6 Å². The van der Waals surface area contributed by atoms with Gasteiger partial charge in [0.2, 0.25) is 0 Å². The molecular weight excluding hydrogens is 306 g/mol. The Morgan fingerprint density at radius 2 is 2.26 bits per heavy atom. The molecule has 2 atom stereocenters. The van der Waals surface area contributed by atoms with Gasteiger partial charge in [-0.2, -0.15) is 4.31 Å². The van der Waals surface area contributed by atoms with Crippen LogP contribution < -0.4 is 0 Å². The number of thiophene rings is 1. The molecular formula is C12H18ClNO3S2. The summed E-state index contributed by atoms with van der Waals surface area (Å²) in [6.45, 7) is 4.41. The molecule has 0 spiro atoms. The number of rotatable bonds is 3. The molecule has 1 aromatic rings. The third kappa shape index (κ3) is 3.13. The highest BCUT2D eigenvalue weighted by Gasteiger charge is 2.33. The highest BCUT2D eigenvalue weighted by Crippen LogP contribution is 2.33. The van der Waals surface area contributed by atoms with Crippen molar-refractivity contribution in [3.8, 4) is 0 Å². The van der Waals surface area contributed by atoms with Crippen LogP contribution in [0.25, 0.3) is 0 Å². The molecule has 1 aliphatic heterocycles. The van der Waals surface area contributed by atoms with E-state index in [-0.39, 0.29) is 5.92 Å². The van der Waals surface area contributed by atoms with Crippen LogP contribution in [-0.2, 0) is 10.0 Å². The molecule has 4 nitrogen and oxygen atoms in total. The molecule has 1 N–H and O–H groups in total. The molecule has 1 saturated heterocycles. The first-order valence-corrected chi connectivity index (χ1v) is 8.90. The molecule has 0 saturated carbocycles. The second-order valence-electron chi connectivity index (χ2n) is 5.03. The summed E-state index contributed by atoms with van der Waals surface area (Å²) >= 11 is 7.05. The lowest BCUT2D eigenvalue weighted by molar-refractivity contribution is 0.0886. The fourth-order valence-electron chi connectivity index (χ4n) is 2.27. The fourth-order valence-corrected chi connectivity index (χ4v) is 5.67. The van der Waals surface area contributed by atoms with E-state index in [9.17, 15) is 13.5 Å². The van der Waals surface area contributed by atoms with E-state index in [4.69, 9.17) is 11.6 Å². The molecule has 108 valence electrons. The SMILES string of the molecule is Cc1cc(S(=O)(=O)N2CCC[C@H]([C@@H](C)O)C2)sc1Cl. The standard InChI is InChI=1S/C12H18ClNO3S2/c1-8-6-11(18-12(8)13)19(16,17)14-5-3-4-10(7-14)9(2)15/h6,9-10,15H,3-5,7H2,1-2H3/t9-,10+/m1/s1. The van der Waals surface area contributed by atoms with Gasteiger partial charge in [0.1, 0.15) is 4.21 Å². The fraction of sp³-hybridized carbons (Fsp3) is 0.667. The average molecular weight is 324 g/mol. The highest BCUT2D eigenvalue weighted by atomic mass is 35.5. The average Bonchev–Trinajstić information content (AvgIpc) is 2.70. The second-order valence-corrected chi connectivity index (χ2v) is 8.85. The number of nitrogens with zero attached hydrogens (tertiary/aromatic N) is 1. The van der Waals surface area contributed by atoms with Crippen LogP contribution >= 0.6 is 22.9 Å². The summed E-state index contributed by atoms with van der Waals surface area (Å²) < 4.78 is 27.3. The van der Waals surface area contributed by atoms with Crippen molar-refractivity contribution in [2.45, 2.75) is 37.0 Å². The minimum atomic E-state index is -3.47. The molecule has 19 heavy (non-hydrogen) atoms. The van der Waals surface area contributed by atoms with Crippen LogP contribution in [0.5, 0.6) is 0 Å². The lowest BCUT2D eigenvalue weighted by Gasteiger charge is -2.32. The molecule has 0 unspecified atom stereocenters. The van der Waals surface area contributed by atoms with E-state index in [0.717, 1.165) is 29.7 Å². The van der Waals surface area contributed by atoms with Crippen LogP contribution in [0.1, 0.15) is 25.3 Å². The molecule has 0 aromatic carbocycles. The molecule has 0 bridgehead atoms. The van der Waals surface area contributed by atoms with Crippen molar-refractivity contribution in [1.29, 1.82) is 0 Å². The Morgan fingerprint density at radius 3 is 2.79 bits per heavy atom. The van der Waals surface area contributed by atoms with Gasteiger partial charge in [0.25, 0.3) is 10.0 Å². The van der Waals surface area contributed by atoms with Gasteiger partial charge in [-0.05, 0) is 44.2 Å². The summed E-state index contributed by atoms with van der Waals surface area (Å²) in [5, 5.41) is 9.64. The predicted octanol–water partition coefficient (Wildman–Crippen LogP) is 2.49. The van der Waals surface area contributed by atoms with E-state index >= 15 is 0 Å². The molecule has 7 heteroatoms. The van der Waals surface area contributed by atoms with Crippen LogP contribution in [0.2, 0.25) is 4.34 Å². The van der Waals surface area contributed by atoms with Gasteiger partial charge in [-0.25, -0.2) is 8.42 Å². The first kappa shape index (κ1) is 15.3. The van der Waals surface area contributed by atoms with Crippen molar-refractivity contribution in [2.75, 3.05) is 13.1 Å². The Balaban J connectivity index is 2.24. The predicted molar refractivity (Wildman–Crippen MR) is 77.2 cm³/mol. The number of piperidine rings is 1. The maximum atomic E-state index is 12.5. The number of hydrogen-bond acceptors (Lipinski definition) is 4. The van der Waals surface area contributed by atoms with Crippen LogP contribution in [0, 0.1) is 12.8 Å². The number of halogens is 1. The Morgan fingerprint density at radius 1 is 1.58 bits per heavy atom. The summed E-state index contributed by atoms with van der Waals surface area (Å²) in [7, 11) is -3.47. The maximum absolute atomic E-state index is 12.5. The van der Waals surface area contributed by atoms with Crippen LogP contribution in [0.3, 0.4) is 0 Å². The van der Waals surface area contributed by atoms with E-state index in [2.05, 4.69) is 0 Å². The second kappa shape index (κ2) is 5.69. The zero-order valence-electron chi connectivity index (χ0n) is 11.0. The third-order valence-corrected chi connectivity index (χ3v) is 7.40. The summed E-state index contributed by atoms with van der Waals surface area (Å²) in [6, 6.07) is 1.62. The van der Waals surface area contributed by atoms with E-state index in [0.29, 0.717) is 21.6 Å². The molecule has 2 heterocycles. The number of aliphatic hydroxyl groups is 1. The van der Waals surface area contributed by atoms with Gasteiger partial charge in [-0.15, -0.1) is 11.3 Å². The smallest absolute Gasteiger partial charge is 0.252 e. The maximum Gasteiger partial charge on any atom is 0.252 e.